The molecule has 26 heavy (non-hydrogen) atoms. The van der Waals surface area contributed by atoms with E-state index in [2.05, 4.69) is 23.1 Å². The fourth-order valence-electron chi connectivity index (χ4n) is 1.47. The first kappa shape index (κ1) is 24.1. The molecule has 0 saturated carbocycles. The van der Waals surface area contributed by atoms with Crippen molar-refractivity contribution >= 4 is 35.0 Å². The lowest BCUT2D eigenvalue weighted by Gasteiger charge is -2.21. The van der Waals surface area contributed by atoms with Gasteiger partial charge in [-0.3, -0.25) is 4.79 Å². The number of carbonyl (C=O) groups excluding carboxylic acids is 1. The Bertz CT molecular complexity index is 627. The van der Waals surface area contributed by atoms with Gasteiger partial charge in [-0.05, 0) is 27.2 Å². The number of hydrogen-bond donors (Lipinski definition) is 1. The number of oxime groups is 1. The van der Waals surface area contributed by atoms with Gasteiger partial charge >= 0.3 is 5.97 Å². The normalized spacial score (nSPS) is 14.2. The number of nitrogens with zero attached hydrogens (tertiary/aromatic N) is 1. The Morgan fingerprint density at radius 1 is 1.42 bits per heavy atom. The summed E-state index contributed by atoms with van der Waals surface area (Å²) >= 11 is 7.06. The molecule has 0 spiro atoms. The maximum Gasteiger partial charge on any atom is 0.311 e. The van der Waals surface area contributed by atoms with Crippen molar-refractivity contribution in [3.63, 3.8) is 0 Å². The molecule has 0 saturated heterocycles. The van der Waals surface area contributed by atoms with Gasteiger partial charge in [-0.1, -0.05) is 54.7 Å². The van der Waals surface area contributed by atoms with Crippen LogP contribution in [0.1, 0.15) is 40.5 Å². The summed E-state index contributed by atoms with van der Waals surface area (Å²) in [5.41, 5.74) is 7.09. The molecular weight excluding hydrogens is 376 g/mol. The van der Waals surface area contributed by atoms with E-state index in [0.29, 0.717) is 15.0 Å². The van der Waals surface area contributed by atoms with Crippen molar-refractivity contribution in [2.45, 2.75) is 46.6 Å². The number of hydrogen-bond acceptors (Lipinski definition) is 7. The Morgan fingerprint density at radius 2 is 2.04 bits per heavy atom. The molecule has 0 aromatic carbocycles. The quantitative estimate of drug-likeness (QED) is 0.176. The Hall–Kier alpha value is -1.86. The summed E-state index contributed by atoms with van der Waals surface area (Å²) in [4.78, 5) is 17.5. The van der Waals surface area contributed by atoms with Gasteiger partial charge in [-0.25, -0.2) is 0 Å². The predicted molar refractivity (Wildman–Crippen MR) is 108 cm³/mol. The fraction of sp³-hybridized carbons (Fsp3) is 0.444. The molecule has 8 heteroatoms. The van der Waals surface area contributed by atoms with Gasteiger partial charge in [0.15, 0.2) is 17.6 Å². The summed E-state index contributed by atoms with van der Waals surface area (Å²) in [6, 6.07) is 0. The van der Waals surface area contributed by atoms with Crippen LogP contribution in [0.5, 0.6) is 0 Å². The third-order valence-electron chi connectivity index (χ3n) is 3.14. The summed E-state index contributed by atoms with van der Waals surface area (Å²) in [5, 5.41) is 3.95. The van der Waals surface area contributed by atoms with Crippen molar-refractivity contribution in [2.24, 2.45) is 10.9 Å². The number of ether oxygens (including phenoxy) is 2. The van der Waals surface area contributed by atoms with Crippen molar-refractivity contribution < 1.29 is 19.1 Å². The van der Waals surface area contributed by atoms with Crippen LogP contribution in [-0.4, -0.2) is 24.9 Å². The number of methoxy groups -OCH3 is 1. The largest absolute Gasteiger partial charge is 0.480 e. The number of halogens is 1. The molecule has 0 aromatic rings. The molecule has 146 valence electrons. The first-order valence-electron chi connectivity index (χ1n) is 7.96. The Balaban J connectivity index is 5.53. The molecule has 1 atom stereocenters. The number of carbonyl (C=O) groups is 1. The molecule has 1 unspecified atom stereocenters. The van der Waals surface area contributed by atoms with Gasteiger partial charge in [0.05, 0.1) is 34.2 Å². The highest BCUT2D eigenvalue weighted by atomic mass is 35.5. The molecule has 0 aliphatic rings. The molecule has 2 N–H and O–H groups in total. The van der Waals surface area contributed by atoms with Crippen LogP contribution in [0.2, 0.25) is 0 Å². The average Bonchev–Trinajstić information content (AvgIpc) is 2.61. The van der Waals surface area contributed by atoms with E-state index in [4.69, 9.17) is 26.9 Å². The van der Waals surface area contributed by atoms with Crippen molar-refractivity contribution in [3.05, 3.63) is 45.7 Å². The van der Waals surface area contributed by atoms with E-state index >= 15 is 0 Å². The van der Waals surface area contributed by atoms with Gasteiger partial charge in [0.25, 0.3) is 0 Å². The van der Waals surface area contributed by atoms with Crippen LogP contribution in [0.25, 0.3) is 0 Å². The van der Waals surface area contributed by atoms with E-state index < -0.39 is 12.1 Å². The Kier molecular flexibility index (Phi) is 11.6. The third-order valence-corrected chi connectivity index (χ3v) is 4.23. The molecular formula is C18H27ClN2O4S. The zero-order valence-corrected chi connectivity index (χ0v) is 17.5. The first-order valence-corrected chi connectivity index (χ1v) is 9.15. The fourth-order valence-corrected chi connectivity index (χ4v) is 2.35. The summed E-state index contributed by atoms with van der Waals surface area (Å²) in [5.74, 6) is 0.101. The highest BCUT2D eigenvalue weighted by Crippen LogP contribution is 2.35. The third kappa shape index (κ3) is 9.01. The lowest BCUT2D eigenvalue weighted by atomic mass is 10.2. The molecule has 6 nitrogen and oxygen atoms in total. The summed E-state index contributed by atoms with van der Waals surface area (Å²) < 4.78 is 10.9. The summed E-state index contributed by atoms with van der Waals surface area (Å²) in [6.07, 6.45) is 1.81. The van der Waals surface area contributed by atoms with Gasteiger partial charge in [0.1, 0.15) is 0 Å². The van der Waals surface area contributed by atoms with E-state index in [1.54, 1.807) is 19.9 Å². The number of thioether (sulfide) groups is 1. The first-order chi connectivity index (χ1) is 12.2. The van der Waals surface area contributed by atoms with Crippen LogP contribution in [-0.2, 0) is 19.1 Å². The molecule has 0 rings (SSSR count). The van der Waals surface area contributed by atoms with Crippen molar-refractivity contribution in [2.75, 3.05) is 7.11 Å². The van der Waals surface area contributed by atoms with Crippen LogP contribution in [0, 0.1) is 0 Å². The molecule has 0 aromatic heterocycles. The number of nitrogens with two attached hydrogens (primary N) is 1. The van der Waals surface area contributed by atoms with E-state index in [9.17, 15) is 4.79 Å². The van der Waals surface area contributed by atoms with E-state index in [-0.39, 0.29) is 17.9 Å². The standard InChI is InChI=1S/C18H27ClN2O4S/c1-8-11(3)21-25-13(5)12(4)24-18(15(20)10-17(22)23-7)16(9-2)26-14(6)19/h9,12H,5-6,8,10,20H2,1-4,7H3/b16-9-,18-15-,21-11-. The van der Waals surface area contributed by atoms with Crippen molar-refractivity contribution in [3.8, 4) is 0 Å². The monoisotopic (exact) mass is 402 g/mol. The SMILES string of the molecule is C=C(Cl)SC(=C\C)/C(OC(C)C(=C)O/N=C(/C)CC)=C(/N)CC(=O)OC. The maximum atomic E-state index is 11.6. The van der Waals surface area contributed by atoms with Gasteiger partial charge in [-0.15, -0.1) is 0 Å². The van der Waals surface area contributed by atoms with Crippen molar-refractivity contribution in [1.82, 2.24) is 0 Å². The van der Waals surface area contributed by atoms with Crippen LogP contribution in [0.15, 0.2) is 50.9 Å². The summed E-state index contributed by atoms with van der Waals surface area (Å²) in [6.45, 7) is 14.8. The number of esters is 1. The minimum absolute atomic E-state index is 0.133. The summed E-state index contributed by atoms with van der Waals surface area (Å²) in [7, 11) is 1.29. The maximum absolute atomic E-state index is 11.6. The molecule has 0 fully saturated rings. The zero-order valence-electron chi connectivity index (χ0n) is 15.9. The van der Waals surface area contributed by atoms with Gasteiger partial charge in [-0.2, -0.15) is 0 Å². The molecule has 0 aliphatic heterocycles. The van der Waals surface area contributed by atoms with Crippen molar-refractivity contribution in [1.29, 1.82) is 0 Å². The second kappa shape index (κ2) is 12.5. The van der Waals surface area contributed by atoms with Crippen LogP contribution in [0.3, 0.4) is 0 Å². The van der Waals surface area contributed by atoms with Gasteiger partial charge in [0, 0.05) is 0 Å². The van der Waals surface area contributed by atoms with Gasteiger partial charge < -0.3 is 20.0 Å². The second-order valence-corrected chi connectivity index (χ2v) is 7.03. The number of rotatable bonds is 11. The predicted octanol–water partition coefficient (Wildman–Crippen LogP) is 4.79. The molecule has 0 aliphatic carbocycles. The van der Waals surface area contributed by atoms with Crippen LogP contribution in [0.4, 0.5) is 0 Å². The Labute approximate surface area is 164 Å². The molecule has 0 heterocycles. The lowest BCUT2D eigenvalue weighted by Crippen LogP contribution is -2.18. The lowest BCUT2D eigenvalue weighted by molar-refractivity contribution is -0.139. The second-order valence-electron chi connectivity index (χ2n) is 5.22. The molecule has 0 amide bonds. The van der Waals surface area contributed by atoms with Crippen LogP contribution >= 0.6 is 23.4 Å². The van der Waals surface area contributed by atoms with E-state index in [1.807, 2.05) is 13.8 Å². The van der Waals surface area contributed by atoms with Gasteiger partial charge in [0.2, 0.25) is 0 Å². The molecule has 0 radical (unpaired) electrons. The zero-order chi connectivity index (χ0) is 20.3. The smallest absolute Gasteiger partial charge is 0.311 e. The topological polar surface area (TPSA) is 83.1 Å². The van der Waals surface area contributed by atoms with E-state index in [0.717, 1.165) is 12.1 Å². The highest BCUT2D eigenvalue weighted by molar-refractivity contribution is 8.08. The van der Waals surface area contributed by atoms with E-state index in [1.165, 1.54) is 18.9 Å². The minimum Gasteiger partial charge on any atom is -0.480 e. The Morgan fingerprint density at radius 3 is 2.50 bits per heavy atom. The average molecular weight is 403 g/mol. The minimum atomic E-state index is -0.575. The van der Waals surface area contributed by atoms with Crippen LogP contribution < -0.4 is 5.73 Å². The molecule has 0 bridgehead atoms. The number of allylic oxidation sites excluding steroid dienone is 1. The highest BCUT2D eigenvalue weighted by Gasteiger charge is 2.20.